The third-order valence-electron chi connectivity index (χ3n) is 3.80. The molecule has 0 amide bonds. The lowest BCUT2D eigenvalue weighted by Gasteiger charge is -2.22. The van der Waals surface area contributed by atoms with Crippen LogP contribution in [0.4, 0.5) is 5.69 Å². The summed E-state index contributed by atoms with van der Waals surface area (Å²) in [4.78, 5) is 2.12. The van der Waals surface area contributed by atoms with Crippen LogP contribution in [0.3, 0.4) is 0 Å². The predicted octanol–water partition coefficient (Wildman–Crippen LogP) is 3.38. The molecule has 0 spiro atoms. The number of nitrogens with zero attached hydrogens (tertiary/aromatic N) is 1. The fourth-order valence-electron chi connectivity index (χ4n) is 2.58. The zero-order valence-electron chi connectivity index (χ0n) is 13.5. The maximum atomic E-state index is 5.29. The first kappa shape index (κ1) is 15.4. The second kappa shape index (κ2) is 6.64. The summed E-state index contributed by atoms with van der Waals surface area (Å²) in [5.41, 5.74) is 4.97. The summed E-state index contributed by atoms with van der Waals surface area (Å²) in [6.45, 7) is 2.12. The largest absolute Gasteiger partial charge is 0.497 e. The first-order valence-electron chi connectivity index (χ1n) is 7.16. The van der Waals surface area contributed by atoms with Crippen LogP contribution in [0.2, 0.25) is 0 Å². The van der Waals surface area contributed by atoms with E-state index in [0.717, 1.165) is 5.75 Å². The Balaban J connectivity index is 2.42. The van der Waals surface area contributed by atoms with Gasteiger partial charge in [-0.05, 0) is 54.9 Å². The minimum atomic E-state index is 0.177. The second-order valence-corrected chi connectivity index (χ2v) is 5.43. The van der Waals surface area contributed by atoms with Gasteiger partial charge in [-0.2, -0.15) is 0 Å². The molecule has 0 heterocycles. The van der Waals surface area contributed by atoms with Gasteiger partial charge in [0.15, 0.2) is 0 Å². The molecule has 0 saturated heterocycles. The Morgan fingerprint density at radius 3 is 2.43 bits per heavy atom. The summed E-state index contributed by atoms with van der Waals surface area (Å²) in [7, 11) is 7.82. The fourth-order valence-corrected chi connectivity index (χ4v) is 2.58. The van der Waals surface area contributed by atoms with Crippen LogP contribution in [0, 0.1) is 6.92 Å². The van der Waals surface area contributed by atoms with Crippen LogP contribution >= 0.6 is 0 Å². The predicted molar refractivity (Wildman–Crippen MR) is 89.4 cm³/mol. The van der Waals surface area contributed by atoms with E-state index >= 15 is 0 Å². The highest BCUT2D eigenvalue weighted by atomic mass is 16.5. The molecule has 0 radical (unpaired) electrons. The van der Waals surface area contributed by atoms with Crippen LogP contribution in [0.5, 0.6) is 5.75 Å². The standard InChI is InChI=1S/C18H24N2O/c1-13-11-16(21-5)9-10-17(13)18(19-2)14-7-6-8-15(12-14)20(3)4/h6-12,18-19H,1-5H3. The van der Waals surface area contributed by atoms with Crippen LogP contribution < -0.4 is 15.0 Å². The lowest BCUT2D eigenvalue weighted by atomic mass is 9.94. The molecular weight excluding hydrogens is 260 g/mol. The molecule has 1 unspecified atom stereocenters. The zero-order chi connectivity index (χ0) is 15.4. The molecule has 2 aromatic carbocycles. The lowest BCUT2D eigenvalue weighted by Crippen LogP contribution is -2.19. The van der Waals surface area contributed by atoms with E-state index in [1.165, 1.54) is 22.4 Å². The van der Waals surface area contributed by atoms with Crippen LogP contribution in [0.25, 0.3) is 0 Å². The SMILES string of the molecule is CNC(c1cccc(N(C)C)c1)c1ccc(OC)cc1C. The first-order chi connectivity index (χ1) is 10.1. The molecule has 1 atom stereocenters. The van der Waals surface area contributed by atoms with Crippen molar-refractivity contribution < 1.29 is 4.74 Å². The minimum Gasteiger partial charge on any atom is -0.497 e. The number of anilines is 1. The van der Waals surface area contributed by atoms with E-state index in [9.17, 15) is 0 Å². The van der Waals surface area contributed by atoms with Gasteiger partial charge in [-0.3, -0.25) is 0 Å². The van der Waals surface area contributed by atoms with Gasteiger partial charge in [-0.1, -0.05) is 18.2 Å². The van der Waals surface area contributed by atoms with Crippen LogP contribution in [-0.4, -0.2) is 28.3 Å². The number of methoxy groups -OCH3 is 1. The van der Waals surface area contributed by atoms with E-state index < -0.39 is 0 Å². The van der Waals surface area contributed by atoms with Crippen LogP contribution in [0.1, 0.15) is 22.7 Å². The van der Waals surface area contributed by atoms with Gasteiger partial charge in [0.25, 0.3) is 0 Å². The average molecular weight is 284 g/mol. The average Bonchev–Trinajstić information content (AvgIpc) is 2.49. The smallest absolute Gasteiger partial charge is 0.119 e. The van der Waals surface area contributed by atoms with Crippen LogP contribution in [0.15, 0.2) is 42.5 Å². The molecule has 2 aromatic rings. The molecular formula is C18H24N2O. The van der Waals surface area contributed by atoms with Gasteiger partial charge in [0.1, 0.15) is 5.75 Å². The summed E-state index contributed by atoms with van der Waals surface area (Å²) < 4.78 is 5.29. The molecule has 3 heteroatoms. The summed E-state index contributed by atoms with van der Waals surface area (Å²) in [5, 5.41) is 3.42. The molecule has 0 aliphatic rings. The van der Waals surface area contributed by atoms with Crippen molar-refractivity contribution in [2.45, 2.75) is 13.0 Å². The number of benzene rings is 2. The van der Waals surface area contributed by atoms with Gasteiger partial charge >= 0.3 is 0 Å². The van der Waals surface area contributed by atoms with Crippen molar-refractivity contribution in [3.8, 4) is 5.75 Å². The molecule has 1 N–H and O–H groups in total. The minimum absolute atomic E-state index is 0.177. The molecule has 2 rings (SSSR count). The Labute approximate surface area is 127 Å². The Morgan fingerprint density at radius 2 is 1.86 bits per heavy atom. The van der Waals surface area contributed by atoms with Gasteiger partial charge in [-0.25, -0.2) is 0 Å². The van der Waals surface area contributed by atoms with Gasteiger partial charge in [0.2, 0.25) is 0 Å². The normalized spacial score (nSPS) is 12.0. The number of hydrogen-bond donors (Lipinski definition) is 1. The van der Waals surface area contributed by atoms with Crippen molar-refractivity contribution in [1.82, 2.24) is 5.32 Å². The number of aryl methyl sites for hydroxylation is 1. The maximum absolute atomic E-state index is 5.29. The van der Waals surface area contributed by atoms with Crippen molar-refractivity contribution >= 4 is 5.69 Å². The van der Waals surface area contributed by atoms with E-state index in [4.69, 9.17) is 4.74 Å². The molecule has 0 saturated carbocycles. The van der Waals surface area contributed by atoms with Gasteiger partial charge in [0, 0.05) is 19.8 Å². The Hall–Kier alpha value is -2.00. The summed E-state index contributed by atoms with van der Waals surface area (Å²) in [6.07, 6.45) is 0. The highest BCUT2D eigenvalue weighted by molar-refractivity contribution is 5.50. The molecule has 0 aliphatic carbocycles. The van der Waals surface area contributed by atoms with Gasteiger partial charge in [0.05, 0.1) is 13.2 Å². The maximum Gasteiger partial charge on any atom is 0.119 e. The molecule has 0 bridgehead atoms. The zero-order valence-corrected chi connectivity index (χ0v) is 13.5. The first-order valence-corrected chi connectivity index (χ1v) is 7.16. The van der Waals surface area contributed by atoms with Crippen LogP contribution in [-0.2, 0) is 0 Å². The molecule has 21 heavy (non-hydrogen) atoms. The topological polar surface area (TPSA) is 24.5 Å². The van der Waals surface area contributed by atoms with Crippen molar-refractivity contribution in [2.75, 3.05) is 33.2 Å². The second-order valence-electron chi connectivity index (χ2n) is 5.43. The van der Waals surface area contributed by atoms with E-state index in [1.807, 2.05) is 13.1 Å². The summed E-state index contributed by atoms with van der Waals surface area (Å²) >= 11 is 0. The number of nitrogens with one attached hydrogen (secondary N) is 1. The quantitative estimate of drug-likeness (QED) is 0.911. The third-order valence-corrected chi connectivity index (χ3v) is 3.80. The lowest BCUT2D eigenvalue weighted by molar-refractivity contribution is 0.414. The third kappa shape index (κ3) is 3.37. The Morgan fingerprint density at radius 1 is 1.10 bits per heavy atom. The Bertz CT molecular complexity index is 608. The fraction of sp³-hybridized carbons (Fsp3) is 0.333. The molecule has 0 aliphatic heterocycles. The van der Waals surface area contributed by atoms with E-state index in [2.05, 4.69) is 67.6 Å². The van der Waals surface area contributed by atoms with E-state index in [0.29, 0.717) is 0 Å². The number of rotatable bonds is 5. The summed E-state index contributed by atoms with van der Waals surface area (Å²) in [6, 6.07) is 15.0. The van der Waals surface area contributed by atoms with Gasteiger partial charge in [-0.15, -0.1) is 0 Å². The Kier molecular flexibility index (Phi) is 4.86. The number of ether oxygens (including phenoxy) is 1. The van der Waals surface area contributed by atoms with Crippen molar-refractivity contribution in [1.29, 1.82) is 0 Å². The molecule has 112 valence electrons. The van der Waals surface area contributed by atoms with Crippen molar-refractivity contribution in [3.63, 3.8) is 0 Å². The molecule has 0 aromatic heterocycles. The van der Waals surface area contributed by atoms with Crippen molar-refractivity contribution in [2.24, 2.45) is 0 Å². The summed E-state index contributed by atoms with van der Waals surface area (Å²) in [5.74, 6) is 0.896. The van der Waals surface area contributed by atoms with Crippen molar-refractivity contribution in [3.05, 3.63) is 59.2 Å². The molecule has 0 fully saturated rings. The van der Waals surface area contributed by atoms with E-state index in [1.54, 1.807) is 7.11 Å². The highest BCUT2D eigenvalue weighted by Gasteiger charge is 2.15. The number of hydrogen-bond acceptors (Lipinski definition) is 3. The monoisotopic (exact) mass is 284 g/mol. The molecule has 3 nitrogen and oxygen atoms in total. The van der Waals surface area contributed by atoms with Gasteiger partial charge < -0.3 is 15.0 Å². The van der Waals surface area contributed by atoms with E-state index in [-0.39, 0.29) is 6.04 Å². The highest BCUT2D eigenvalue weighted by Crippen LogP contribution is 2.29.